The van der Waals surface area contributed by atoms with Gasteiger partial charge in [-0.05, 0) is 53.6 Å². The molecule has 50 heavy (non-hydrogen) atoms. The molecule has 0 aliphatic carbocycles. The summed E-state index contributed by atoms with van der Waals surface area (Å²) in [4.78, 5) is 15.8. The molecular formula is C45H27N5. The van der Waals surface area contributed by atoms with Crippen molar-refractivity contribution in [3.05, 3.63) is 164 Å². The van der Waals surface area contributed by atoms with Crippen molar-refractivity contribution in [1.29, 1.82) is 0 Å². The zero-order chi connectivity index (χ0) is 32.8. The Balaban J connectivity index is 1.23. The van der Waals surface area contributed by atoms with Gasteiger partial charge < -0.3 is 4.40 Å². The number of aromatic nitrogens is 5. The maximum absolute atomic E-state index is 5.31. The van der Waals surface area contributed by atoms with Gasteiger partial charge in [-0.15, -0.1) is 0 Å². The highest BCUT2D eigenvalue weighted by Crippen LogP contribution is 2.41. The summed E-state index contributed by atoms with van der Waals surface area (Å²) in [5.74, 6) is 1.85. The Morgan fingerprint density at radius 2 is 0.780 bits per heavy atom. The van der Waals surface area contributed by atoms with Gasteiger partial charge in [0.1, 0.15) is 0 Å². The number of hydrogen-bond acceptors (Lipinski definition) is 3. The molecule has 0 fully saturated rings. The zero-order valence-corrected chi connectivity index (χ0v) is 26.8. The average molecular weight is 638 g/mol. The molecule has 0 amide bonds. The van der Waals surface area contributed by atoms with Crippen molar-refractivity contribution in [3.8, 4) is 39.9 Å². The topological polar surface area (TPSA) is 48.0 Å². The fraction of sp³-hybridized carbons (Fsp3) is 0. The van der Waals surface area contributed by atoms with Gasteiger partial charge >= 0.3 is 0 Å². The van der Waals surface area contributed by atoms with Crippen molar-refractivity contribution in [2.75, 3.05) is 0 Å². The molecular weight excluding hydrogens is 611 g/mol. The highest BCUT2D eigenvalue weighted by atomic mass is 15.2. The van der Waals surface area contributed by atoms with Gasteiger partial charge in [0.15, 0.2) is 11.6 Å². The van der Waals surface area contributed by atoms with Crippen LogP contribution in [0.25, 0.3) is 99.8 Å². The Hall–Kier alpha value is -6.85. The predicted octanol–water partition coefficient (Wildman–Crippen LogP) is 11.1. The number of nitrogens with zero attached hydrogens (tertiary/aromatic N) is 5. The number of hydrogen-bond donors (Lipinski definition) is 0. The molecule has 0 atom stereocenters. The van der Waals surface area contributed by atoms with E-state index in [4.69, 9.17) is 15.0 Å². The summed E-state index contributed by atoms with van der Waals surface area (Å²) in [6.45, 7) is 0. The lowest BCUT2D eigenvalue weighted by Gasteiger charge is -2.12. The van der Waals surface area contributed by atoms with Crippen LogP contribution in [0.1, 0.15) is 0 Å². The maximum atomic E-state index is 5.31. The van der Waals surface area contributed by atoms with Crippen LogP contribution in [-0.2, 0) is 0 Å². The second-order valence-corrected chi connectivity index (χ2v) is 12.9. The van der Waals surface area contributed by atoms with E-state index in [9.17, 15) is 0 Å². The smallest absolute Gasteiger partial charge is 0.238 e. The minimum Gasteiger partial charge on any atom is -0.308 e. The Labute approximate surface area is 286 Å². The first-order valence-corrected chi connectivity index (χ1v) is 16.9. The molecule has 11 aromatic rings. The van der Waals surface area contributed by atoms with Gasteiger partial charge in [-0.1, -0.05) is 121 Å². The Kier molecular flexibility index (Phi) is 5.60. The summed E-state index contributed by atoms with van der Waals surface area (Å²) in [5, 5.41) is 7.14. The van der Waals surface area contributed by atoms with Gasteiger partial charge in [-0.25, -0.2) is 4.98 Å². The van der Waals surface area contributed by atoms with Crippen LogP contribution in [0.15, 0.2) is 164 Å². The van der Waals surface area contributed by atoms with Crippen molar-refractivity contribution in [3.63, 3.8) is 0 Å². The molecule has 0 unspecified atom stereocenters. The van der Waals surface area contributed by atoms with Crippen molar-refractivity contribution in [1.82, 2.24) is 23.9 Å². The largest absolute Gasteiger partial charge is 0.308 e. The predicted molar refractivity (Wildman–Crippen MR) is 205 cm³/mol. The summed E-state index contributed by atoms with van der Waals surface area (Å²) in [7, 11) is 0. The maximum Gasteiger partial charge on any atom is 0.238 e. The van der Waals surface area contributed by atoms with Gasteiger partial charge in [0, 0.05) is 43.4 Å². The van der Waals surface area contributed by atoms with Crippen LogP contribution in [0.4, 0.5) is 0 Å². The monoisotopic (exact) mass is 637 g/mol. The third-order valence-corrected chi connectivity index (χ3v) is 10.1. The molecule has 0 bridgehead atoms. The molecule has 0 saturated heterocycles. The van der Waals surface area contributed by atoms with Crippen LogP contribution < -0.4 is 0 Å². The summed E-state index contributed by atoms with van der Waals surface area (Å²) >= 11 is 0. The van der Waals surface area contributed by atoms with Gasteiger partial charge in [0.25, 0.3) is 0 Å². The van der Waals surface area contributed by atoms with E-state index < -0.39 is 0 Å². The highest BCUT2D eigenvalue weighted by Gasteiger charge is 2.22. The summed E-state index contributed by atoms with van der Waals surface area (Å²) in [6.07, 6.45) is 0. The summed E-state index contributed by atoms with van der Waals surface area (Å²) in [5.41, 5.74) is 9.89. The minimum atomic E-state index is 0.590. The third kappa shape index (κ3) is 3.86. The van der Waals surface area contributed by atoms with Crippen molar-refractivity contribution >= 4 is 59.9 Å². The molecule has 0 spiro atoms. The first-order valence-electron chi connectivity index (χ1n) is 16.9. The van der Waals surface area contributed by atoms with E-state index in [1.165, 1.54) is 38.1 Å². The van der Waals surface area contributed by atoms with Crippen LogP contribution in [0.2, 0.25) is 0 Å². The Bertz CT molecular complexity index is 2960. The number of fused-ring (bicyclic) bond motifs is 9. The molecule has 4 aromatic heterocycles. The van der Waals surface area contributed by atoms with Gasteiger partial charge in [-0.3, -0.25) is 4.57 Å². The molecule has 11 rings (SSSR count). The average Bonchev–Trinajstić information content (AvgIpc) is 3.83. The fourth-order valence-corrected chi connectivity index (χ4v) is 7.91. The van der Waals surface area contributed by atoms with Crippen LogP contribution in [0, 0.1) is 0 Å². The second kappa shape index (κ2) is 10.3. The third-order valence-electron chi connectivity index (χ3n) is 10.1. The standard InChI is InChI=1S/C45H27N5/c1-2-13-28(14-3-1)29-15-12-16-30(25-29)43-46-44(48-45(47-43)50-40-23-10-4-17-32(40)33-18-5-11-24-41(33)50)31-26-36-34-19-6-8-21-38(34)49-39-22-9-7-20-35(39)37(27-31)42(36)49/h1-27H. The molecule has 0 N–H and O–H groups in total. The fourth-order valence-electron chi connectivity index (χ4n) is 7.91. The summed E-state index contributed by atoms with van der Waals surface area (Å²) < 4.78 is 4.58. The van der Waals surface area contributed by atoms with Crippen molar-refractivity contribution < 1.29 is 0 Å². The lowest BCUT2D eigenvalue weighted by molar-refractivity contribution is 0.954. The minimum absolute atomic E-state index is 0.590. The van der Waals surface area contributed by atoms with Crippen LogP contribution >= 0.6 is 0 Å². The second-order valence-electron chi connectivity index (χ2n) is 12.9. The van der Waals surface area contributed by atoms with Crippen LogP contribution in [0.5, 0.6) is 0 Å². The van der Waals surface area contributed by atoms with Crippen molar-refractivity contribution in [2.24, 2.45) is 0 Å². The van der Waals surface area contributed by atoms with Gasteiger partial charge in [0.2, 0.25) is 5.95 Å². The Morgan fingerprint density at radius 1 is 0.320 bits per heavy atom. The molecule has 4 heterocycles. The molecule has 0 radical (unpaired) electrons. The lowest BCUT2D eigenvalue weighted by atomic mass is 10.0. The van der Waals surface area contributed by atoms with E-state index in [2.05, 4.69) is 167 Å². The van der Waals surface area contributed by atoms with E-state index >= 15 is 0 Å². The molecule has 7 aromatic carbocycles. The molecule has 0 saturated carbocycles. The highest BCUT2D eigenvalue weighted by molar-refractivity contribution is 6.24. The van der Waals surface area contributed by atoms with E-state index in [-0.39, 0.29) is 0 Å². The van der Waals surface area contributed by atoms with Gasteiger partial charge in [-0.2, -0.15) is 9.97 Å². The molecule has 0 aliphatic rings. The van der Waals surface area contributed by atoms with E-state index in [0.29, 0.717) is 17.6 Å². The summed E-state index contributed by atoms with van der Waals surface area (Å²) in [6, 6.07) is 57.7. The van der Waals surface area contributed by atoms with E-state index in [1.807, 2.05) is 6.07 Å². The number of rotatable bonds is 4. The van der Waals surface area contributed by atoms with Crippen LogP contribution in [0.3, 0.4) is 0 Å². The quantitative estimate of drug-likeness (QED) is 0.193. The van der Waals surface area contributed by atoms with E-state index in [0.717, 1.165) is 44.1 Å². The number of para-hydroxylation sites is 4. The number of benzene rings is 7. The first kappa shape index (κ1) is 27.1. The molecule has 0 aliphatic heterocycles. The molecule has 232 valence electrons. The zero-order valence-electron chi connectivity index (χ0n) is 26.8. The normalized spacial score (nSPS) is 12.0. The van der Waals surface area contributed by atoms with E-state index in [1.54, 1.807) is 0 Å². The van der Waals surface area contributed by atoms with Crippen LogP contribution in [-0.4, -0.2) is 23.9 Å². The van der Waals surface area contributed by atoms with Gasteiger partial charge in [0.05, 0.1) is 27.6 Å². The molecule has 5 nitrogen and oxygen atoms in total. The van der Waals surface area contributed by atoms with Crippen molar-refractivity contribution in [2.45, 2.75) is 0 Å². The first-order chi connectivity index (χ1) is 24.8. The Morgan fingerprint density at radius 3 is 1.38 bits per heavy atom. The molecule has 5 heteroatoms. The lowest BCUT2D eigenvalue weighted by Crippen LogP contribution is -2.06. The SMILES string of the molecule is c1ccc(-c2cccc(-c3nc(-c4cc5c6ccccc6n6c7ccccc7c(c4)c56)nc(-n4c5ccccc5c5ccccc54)n3)c2)cc1.